The van der Waals surface area contributed by atoms with E-state index in [0.717, 1.165) is 28.8 Å². The van der Waals surface area contributed by atoms with E-state index in [9.17, 15) is 4.79 Å². The average molecular weight is 292 g/mol. The molecule has 3 heteroatoms. The van der Waals surface area contributed by atoms with Crippen LogP contribution in [0.1, 0.15) is 22.8 Å². The summed E-state index contributed by atoms with van der Waals surface area (Å²) in [6.45, 7) is 2.15. The molecule has 0 fully saturated rings. The molecule has 0 aliphatic carbocycles. The number of fused-ring (bicyclic) bond motifs is 5. The number of hydrogen-bond donors (Lipinski definition) is 1. The highest BCUT2D eigenvalue weighted by atomic mass is 16.2. The summed E-state index contributed by atoms with van der Waals surface area (Å²) in [6, 6.07) is 16.1. The Morgan fingerprint density at radius 1 is 0.955 bits per heavy atom. The molecule has 3 aromatic rings. The van der Waals surface area contributed by atoms with E-state index in [2.05, 4.69) is 18.3 Å². The second kappa shape index (κ2) is 5.78. The number of hydrogen-bond acceptors (Lipinski definition) is 2. The predicted octanol–water partition coefficient (Wildman–Crippen LogP) is 3.71. The van der Waals surface area contributed by atoms with Gasteiger partial charge in [-0.3, -0.25) is 9.36 Å². The lowest BCUT2D eigenvalue weighted by Crippen LogP contribution is -2.05. The Hall–Kier alpha value is -2.39. The van der Waals surface area contributed by atoms with Gasteiger partial charge >= 0.3 is 0 Å². The van der Waals surface area contributed by atoms with Crippen molar-refractivity contribution in [1.29, 1.82) is 0 Å². The maximum Gasteiger partial charge on any atom is 0.263 e. The molecule has 0 radical (unpaired) electrons. The lowest BCUT2D eigenvalue weighted by Gasteiger charge is -2.00. The number of nitrogens with zero attached hydrogens (tertiary/aromatic N) is 1. The van der Waals surface area contributed by atoms with Gasteiger partial charge in [0.1, 0.15) is 0 Å². The highest BCUT2D eigenvalue weighted by molar-refractivity contribution is 6.15. The fourth-order valence-electron chi connectivity index (χ4n) is 3.16. The number of benzene rings is 2. The van der Waals surface area contributed by atoms with Gasteiger partial charge < -0.3 is 5.32 Å². The number of rotatable bonds is 1. The minimum atomic E-state index is 0.0986. The SMILES string of the molecule is CCc1c2n(c3ccccc13)C(=O)c1ccccc1-2.CNC. The van der Waals surface area contributed by atoms with Crippen LogP contribution in [-0.2, 0) is 6.42 Å². The third kappa shape index (κ3) is 1.97. The highest BCUT2D eigenvalue weighted by Gasteiger charge is 2.30. The van der Waals surface area contributed by atoms with Crippen molar-refractivity contribution in [2.45, 2.75) is 13.3 Å². The van der Waals surface area contributed by atoms with Crippen LogP contribution in [0.4, 0.5) is 0 Å². The first-order valence-corrected chi connectivity index (χ1v) is 7.59. The topological polar surface area (TPSA) is 34.0 Å². The Kier molecular flexibility index (Phi) is 3.82. The van der Waals surface area contributed by atoms with E-state index in [4.69, 9.17) is 0 Å². The lowest BCUT2D eigenvalue weighted by atomic mass is 10.0. The Labute approximate surface area is 130 Å². The first-order valence-electron chi connectivity index (χ1n) is 7.59. The largest absolute Gasteiger partial charge is 0.323 e. The van der Waals surface area contributed by atoms with Gasteiger partial charge in [-0.1, -0.05) is 43.3 Å². The molecular formula is C19H20N2O. The Morgan fingerprint density at radius 2 is 1.55 bits per heavy atom. The molecule has 1 aliphatic rings. The summed E-state index contributed by atoms with van der Waals surface area (Å²) >= 11 is 0. The van der Waals surface area contributed by atoms with Crippen molar-refractivity contribution in [3.8, 4) is 11.3 Å². The molecule has 0 atom stereocenters. The van der Waals surface area contributed by atoms with Crippen molar-refractivity contribution in [3.05, 3.63) is 59.7 Å². The Morgan fingerprint density at radius 3 is 2.23 bits per heavy atom. The van der Waals surface area contributed by atoms with Gasteiger partial charge in [-0.25, -0.2) is 0 Å². The van der Waals surface area contributed by atoms with Gasteiger partial charge in [-0.05, 0) is 38.2 Å². The molecule has 0 spiro atoms. The third-order valence-electron chi connectivity index (χ3n) is 3.95. The number of aryl methyl sites for hydroxylation is 1. The van der Waals surface area contributed by atoms with Gasteiger partial charge in [0.25, 0.3) is 5.91 Å². The van der Waals surface area contributed by atoms with Crippen LogP contribution < -0.4 is 5.32 Å². The molecule has 1 aliphatic heterocycles. The molecule has 0 unspecified atom stereocenters. The quantitative estimate of drug-likeness (QED) is 0.580. The van der Waals surface area contributed by atoms with Crippen LogP contribution >= 0.6 is 0 Å². The zero-order valence-corrected chi connectivity index (χ0v) is 13.2. The van der Waals surface area contributed by atoms with Crippen molar-refractivity contribution in [1.82, 2.24) is 9.88 Å². The number of nitrogens with one attached hydrogen (secondary N) is 1. The van der Waals surface area contributed by atoms with Crippen molar-refractivity contribution in [2.24, 2.45) is 0 Å². The molecule has 2 heterocycles. The number of para-hydroxylation sites is 1. The van der Waals surface area contributed by atoms with E-state index >= 15 is 0 Å². The Balaban J connectivity index is 0.000000446. The number of carbonyl (C=O) groups excluding carboxylic acids is 1. The monoisotopic (exact) mass is 292 g/mol. The number of carbonyl (C=O) groups is 1. The van der Waals surface area contributed by atoms with Gasteiger partial charge in [0, 0.05) is 16.5 Å². The summed E-state index contributed by atoms with van der Waals surface area (Å²) in [5.41, 5.74) is 5.27. The Bertz CT molecular complexity index is 846. The van der Waals surface area contributed by atoms with Crippen LogP contribution in [0, 0.1) is 0 Å². The van der Waals surface area contributed by atoms with E-state index in [1.165, 1.54) is 10.9 Å². The molecule has 1 N–H and O–H groups in total. The second-order valence-corrected chi connectivity index (χ2v) is 5.38. The van der Waals surface area contributed by atoms with Crippen LogP contribution in [0.3, 0.4) is 0 Å². The fraction of sp³-hybridized carbons (Fsp3) is 0.211. The van der Waals surface area contributed by atoms with Gasteiger partial charge in [0.2, 0.25) is 0 Å². The fourth-order valence-corrected chi connectivity index (χ4v) is 3.16. The maximum atomic E-state index is 12.6. The molecule has 112 valence electrons. The van der Waals surface area contributed by atoms with Crippen LogP contribution in [0.25, 0.3) is 22.2 Å². The summed E-state index contributed by atoms with van der Waals surface area (Å²) in [6.07, 6.45) is 0.935. The molecule has 1 aromatic heterocycles. The van der Waals surface area contributed by atoms with E-state index in [1.807, 2.05) is 61.1 Å². The molecular weight excluding hydrogens is 272 g/mol. The summed E-state index contributed by atoms with van der Waals surface area (Å²) in [7, 11) is 3.75. The molecule has 2 aromatic carbocycles. The summed E-state index contributed by atoms with van der Waals surface area (Å²) < 4.78 is 1.87. The molecule has 4 rings (SSSR count). The third-order valence-corrected chi connectivity index (χ3v) is 3.95. The van der Waals surface area contributed by atoms with E-state index in [1.54, 1.807) is 0 Å². The molecule has 0 saturated heterocycles. The van der Waals surface area contributed by atoms with Crippen molar-refractivity contribution in [3.63, 3.8) is 0 Å². The van der Waals surface area contributed by atoms with Gasteiger partial charge in [0.05, 0.1) is 11.2 Å². The maximum absolute atomic E-state index is 12.6. The van der Waals surface area contributed by atoms with Crippen molar-refractivity contribution < 1.29 is 4.79 Å². The van der Waals surface area contributed by atoms with Crippen LogP contribution in [0.15, 0.2) is 48.5 Å². The summed E-state index contributed by atoms with van der Waals surface area (Å²) in [5, 5.41) is 3.95. The predicted molar refractivity (Wildman–Crippen MR) is 91.5 cm³/mol. The minimum Gasteiger partial charge on any atom is -0.323 e. The molecule has 22 heavy (non-hydrogen) atoms. The zero-order valence-electron chi connectivity index (χ0n) is 13.2. The molecule has 3 nitrogen and oxygen atoms in total. The smallest absolute Gasteiger partial charge is 0.263 e. The first-order chi connectivity index (χ1) is 10.7. The first kappa shape index (κ1) is 14.5. The lowest BCUT2D eigenvalue weighted by molar-refractivity contribution is 0.0973. The van der Waals surface area contributed by atoms with E-state index < -0.39 is 0 Å². The van der Waals surface area contributed by atoms with Crippen molar-refractivity contribution >= 4 is 16.8 Å². The van der Waals surface area contributed by atoms with E-state index in [0.29, 0.717) is 0 Å². The average Bonchev–Trinajstić information content (AvgIpc) is 3.03. The van der Waals surface area contributed by atoms with Gasteiger partial charge in [0.15, 0.2) is 0 Å². The van der Waals surface area contributed by atoms with Crippen LogP contribution in [0.5, 0.6) is 0 Å². The van der Waals surface area contributed by atoms with Crippen molar-refractivity contribution in [2.75, 3.05) is 14.1 Å². The zero-order chi connectivity index (χ0) is 15.7. The molecule has 0 bridgehead atoms. The normalized spacial score (nSPS) is 11.9. The van der Waals surface area contributed by atoms with Crippen LogP contribution in [0.2, 0.25) is 0 Å². The summed E-state index contributed by atoms with van der Waals surface area (Å²) in [4.78, 5) is 12.6. The van der Waals surface area contributed by atoms with E-state index in [-0.39, 0.29) is 5.91 Å². The summed E-state index contributed by atoms with van der Waals surface area (Å²) in [5.74, 6) is 0.0986. The molecule has 0 saturated carbocycles. The van der Waals surface area contributed by atoms with Gasteiger partial charge in [-0.15, -0.1) is 0 Å². The highest BCUT2D eigenvalue weighted by Crippen LogP contribution is 2.40. The van der Waals surface area contributed by atoms with Gasteiger partial charge in [-0.2, -0.15) is 0 Å². The number of aromatic nitrogens is 1. The minimum absolute atomic E-state index is 0.0986. The molecule has 0 amide bonds. The standard InChI is InChI=1S/C17H13NO.C2H7N/c1-2-11-12-7-5-6-10-15(12)18-16(11)13-8-3-4-9-14(13)17(18)19;1-3-2/h3-10H,2H2,1H3;3H,1-2H3. The second-order valence-electron chi connectivity index (χ2n) is 5.38. The van der Waals surface area contributed by atoms with Crippen LogP contribution in [-0.4, -0.2) is 24.6 Å².